The van der Waals surface area contributed by atoms with Gasteiger partial charge < -0.3 is 42.4 Å². The van der Waals surface area contributed by atoms with Gasteiger partial charge in [0.25, 0.3) is 5.91 Å². The number of halogens is 4. The predicted molar refractivity (Wildman–Crippen MR) is 221 cm³/mol. The lowest BCUT2D eigenvalue weighted by Crippen LogP contribution is -2.27. The van der Waals surface area contributed by atoms with Crippen molar-refractivity contribution in [2.75, 3.05) is 43.1 Å². The molecule has 16 nitrogen and oxygen atoms in total. The SMILES string of the molecule is CC(C)(C)OC(=O)c1cnc(N)c(Br)c1.CCCN(C)C(=O)c1cnc(N)c(Br)c1.CCOC(=O)c1cnc(N)c(Br)c1.Nc1ncc(C(=O)O)cc1Br. The summed E-state index contributed by atoms with van der Waals surface area (Å²) in [6, 6.07) is 6.28. The van der Waals surface area contributed by atoms with Crippen LogP contribution in [0.3, 0.4) is 0 Å². The molecule has 0 aliphatic heterocycles. The van der Waals surface area contributed by atoms with Gasteiger partial charge in [0.15, 0.2) is 0 Å². The first-order chi connectivity index (χ1) is 25.1. The molecule has 1 amide bonds. The van der Waals surface area contributed by atoms with E-state index < -0.39 is 23.5 Å². The highest BCUT2D eigenvalue weighted by atomic mass is 79.9. The summed E-state index contributed by atoms with van der Waals surface area (Å²) in [6.45, 7) is 10.3. The van der Waals surface area contributed by atoms with Gasteiger partial charge in [-0.1, -0.05) is 6.92 Å². The maximum absolute atomic E-state index is 11.8. The van der Waals surface area contributed by atoms with Crippen molar-refractivity contribution in [3.05, 3.63) is 89.2 Å². The zero-order valence-electron chi connectivity index (χ0n) is 30.2. The smallest absolute Gasteiger partial charge is 0.340 e. The molecule has 0 saturated carbocycles. The minimum absolute atomic E-state index is 0.0370. The number of hydrogen-bond donors (Lipinski definition) is 5. The fourth-order valence-electron chi connectivity index (χ4n) is 3.46. The average Bonchev–Trinajstić information content (AvgIpc) is 3.09. The van der Waals surface area contributed by atoms with E-state index in [0.29, 0.717) is 58.6 Å². The van der Waals surface area contributed by atoms with Crippen LogP contribution in [-0.4, -0.2) is 79.6 Å². The Kier molecular flexibility index (Phi) is 20.0. The minimum atomic E-state index is -1.02. The van der Waals surface area contributed by atoms with E-state index in [1.54, 1.807) is 37.1 Å². The van der Waals surface area contributed by atoms with Crippen molar-refractivity contribution in [1.82, 2.24) is 24.8 Å². The van der Waals surface area contributed by atoms with Crippen LogP contribution in [-0.2, 0) is 9.47 Å². The number of carbonyl (C=O) groups is 4. The molecule has 0 saturated heterocycles. The molecule has 9 N–H and O–H groups in total. The fourth-order valence-corrected chi connectivity index (χ4v) is 4.86. The van der Waals surface area contributed by atoms with Gasteiger partial charge in [-0.2, -0.15) is 0 Å². The first-order valence-electron chi connectivity index (χ1n) is 15.6. The molecule has 0 bridgehead atoms. The van der Waals surface area contributed by atoms with Crippen LogP contribution in [0.15, 0.2) is 66.9 Å². The number of aromatic carboxylic acids is 1. The highest BCUT2D eigenvalue weighted by molar-refractivity contribution is 9.11. The molecule has 4 aromatic heterocycles. The van der Waals surface area contributed by atoms with Crippen molar-refractivity contribution in [1.29, 1.82) is 0 Å². The van der Waals surface area contributed by atoms with E-state index in [0.717, 1.165) is 13.0 Å². The average molecular weight is 1010 g/mol. The number of esters is 2. The Labute approximate surface area is 346 Å². The van der Waals surface area contributed by atoms with E-state index in [1.165, 1.54) is 30.9 Å². The van der Waals surface area contributed by atoms with Gasteiger partial charge in [-0.3, -0.25) is 4.79 Å². The molecular weight excluding hydrogens is 966 g/mol. The number of amides is 1. The predicted octanol–water partition coefficient (Wildman–Crippen LogP) is 7.02. The molecular formula is C34H41Br4N9O7. The van der Waals surface area contributed by atoms with Crippen LogP contribution >= 0.6 is 63.7 Å². The van der Waals surface area contributed by atoms with Crippen LogP contribution in [0.2, 0.25) is 0 Å². The standard InChI is InChI=1S/C10H14BrN3O.C10H13BrN2O2.C8H9BrN2O2.C6H5BrN2O2/c1-3-4-14(2)10(15)7-5-8(11)9(12)13-6-7;1-10(2,3)15-9(14)6-4-7(11)8(12)13-5-6;1-2-13-8(12)5-3-6(9)7(10)11-4-5;7-4-1-3(6(10)11)2-9-5(4)8/h5-6H,3-4H2,1-2H3,(H2,12,13);4-5H,1-3H3,(H2,12,13);3-4H,2H2,1H3,(H2,10,11);1-2H,(H2,8,9)(H,10,11). The molecule has 0 unspecified atom stereocenters. The van der Waals surface area contributed by atoms with E-state index in [-0.39, 0.29) is 17.3 Å². The maximum Gasteiger partial charge on any atom is 0.340 e. The van der Waals surface area contributed by atoms with E-state index in [4.69, 9.17) is 37.5 Å². The van der Waals surface area contributed by atoms with E-state index in [2.05, 4.69) is 83.7 Å². The van der Waals surface area contributed by atoms with Crippen molar-refractivity contribution in [3.63, 3.8) is 0 Å². The Morgan fingerprint density at radius 1 is 0.667 bits per heavy atom. The zero-order valence-corrected chi connectivity index (χ0v) is 36.5. The van der Waals surface area contributed by atoms with Crippen LogP contribution in [0.4, 0.5) is 23.3 Å². The van der Waals surface area contributed by atoms with Crippen LogP contribution in [0, 0.1) is 0 Å². The highest BCUT2D eigenvalue weighted by Crippen LogP contribution is 2.21. The van der Waals surface area contributed by atoms with Crippen molar-refractivity contribution in [3.8, 4) is 0 Å². The molecule has 0 aliphatic carbocycles. The van der Waals surface area contributed by atoms with Crippen molar-refractivity contribution in [2.45, 2.75) is 46.6 Å². The number of rotatable bonds is 7. The number of anilines is 4. The molecule has 4 aromatic rings. The molecule has 0 atom stereocenters. The van der Waals surface area contributed by atoms with Crippen LogP contribution in [0.1, 0.15) is 82.5 Å². The van der Waals surface area contributed by atoms with Crippen LogP contribution < -0.4 is 22.9 Å². The second kappa shape index (κ2) is 22.7. The minimum Gasteiger partial charge on any atom is -0.478 e. The first kappa shape index (κ1) is 47.6. The number of nitrogens with zero attached hydrogens (tertiary/aromatic N) is 5. The third kappa shape index (κ3) is 16.7. The van der Waals surface area contributed by atoms with Gasteiger partial charge in [0, 0.05) is 38.4 Å². The molecule has 4 rings (SSSR count). The largest absolute Gasteiger partial charge is 0.478 e. The summed E-state index contributed by atoms with van der Waals surface area (Å²) in [5.41, 5.74) is 22.8. The van der Waals surface area contributed by atoms with Crippen molar-refractivity contribution in [2.24, 2.45) is 0 Å². The quantitative estimate of drug-likeness (QED) is 0.117. The van der Waals surface area contributed by atoms with Gasteiger partial charge in [0.2, 0.25) is 0 Å². The Balaban J connectivity index is 0.000000362. The van der Waals surface area contributed by atoms with Crippen molar-refractivity contribution < 1.29 is 33.8 Å². The number of nitrogens with two attached hydrogens (primary N) is 4. The number of nitrogen functional groups attached to an aromatic ring is 4. The van der Waals surface area contributed by atoms with Gasteiger partial charge in [-0.15, -0.1) is 0 Å². The molecule has 54 heavy (non-hydrogen) atoms. The summed E-state index contributed by atoms with van der Waals surface area (Å²) < 4.78 is 12.3. The van der Waals surface area contributed by atoms with Gasteiger partial charge in [-0.25, -0.2) is 34.3 Å². The summed E-state index contributed by atoms with van der Waals surface area (Å²) in [5.74, 6) is -0.468. The summed E-state index contributed by atoms with van der Waals surface area (Å²) in [5, 5.41) is 8.50. The number of aromatic nitrogens is 4. The first-order valence-corrected chi connectivity index (χ1v) is 18.8. The number of carboxylic acid groups (broad SMARTS) is 1. The molecule has 20 heteroatoms. The lowest BCUT2D eigenvalue weighted by molar-refractivity contribution is 0.00684. The highest BCUT2D eigenvalue weighted by Gasteiger charge is 2.19. The monoisotopic (exact) mass is 1000 g/mol. The van der Waals surface area contributed by atoms with Gasteiger partial charge >= 0.3 is 17.9 Å². The van der Waals surface area contributed by atoms with Crippen LogP contribution in [0.5, 0.6) is 0 Å². The second-order valence-electron chi connectivity index (χ2n) is 11.6. The Morgan fingerprint density at radius 2 is 1.02 bits per heavy atom. The summed E-state index contributed by atoms with van der Waals surface area (Å²) >= 11 is 12.7. The number of carboxylic acids is 1. The van der Waals surface area contributed by atoms with E-state index in [1.807, 2.05) is 27.7 Å². The van der Waals surface area contributed by atoms with Gasteiger partial charge in [0.1, 0.15) is 28.9 Å². The normalized spacial score (nSPS) is 10.2. The zero-order chi connectivity index (χ0) is 41.3. The summed E-state index contributed by atoms with van der Waals surface area (Å²) in [4.78, 5) is 61.9. The maximum atomic E-state index is 11.8. The second-order valence-corrected chi connectivity index (χ2v) is 15.0. The third-order valence-corrected chi connectivity index (χ3v) is 8.56. The Bertz CT molecular complexity index is 1930. The van der Waals surface area contributed by atoms with Gasteiger partial charge in [-0.05, 0) is 122 Å². The number of pyridine rings is 4. The number of carbonyl (C=O) groups excluding carboxylic acids is 3. The Hall–Kier alpha value is -4.40. The summed E-state index contributed by atoms with van der Waals surface area (Å²) in [7, 11) is 1.77. The van der Waals surface area contributed by atoms with Crippen LogP contribution in [0.25, 0.3) is 0 Å². The number of hydrogen-bond acceptors (Lipinski definition) is 14. The third-order valence-electron chi connectivity index (χ3n) is 6.02. The fraction of sp³-hybridized carbons (Fsp3) is 0.294. The summed E-state index contributed by atoms with van der Waals surface area (Å²) in [6.07, 6.45) is 6.43. The Morgan fingerprint density at radius 3 is 1.37 bits per heavy atom. The topological polar surface area (TPSA) is 266 Å². The molecule has 0 aliphatic rings. The van der Waals surface area contributed by atoms with E-state index >= 15 is 0 Å². The molecule has 0 spiro atoms. The lowest BCUT2D eigenvalue weighted by Gasteiger charge is -2.19. The molecule has 292 valence electrons. The molecule has 0 fully saturated rings. The lowest BCUT2D eigenvalue weighted by atomic mass is 10.2. The molecule has 0 aromatic carbocycles. The van der Waals surface area contributed by atoms with Crippen molar-refractivity contribution >= 4 is 111 Å². The van der Waals surface area contributed by atoms with E-state index in [9.17, 15) is 19.2 Å². The molecule has 0 radical (unpaired) electrons. The molecule has 4 heterocycles. The van der Waals surface area contributed by atoms with Gasteiger partial charge in [0.05, 0.1) is 46.8 Å². The number of ether oxygens (including phenoxy) is 2.